The van der Waals surface area contributed by atoms with Crippen LogP contribution in [0.3, 0.4) is 0 Å². The molecule has 0 spiro atoms. The Labute approximate surface area is 115 Å². The topological polar surface area (TPSA) is 64.2 Å². The Morgan fingerprint density at radius 1 is 1.32 bits per heavy atom. The number of hydrogen-bond donors (Lipinski definition) is 1. The molecule has 0 aliphatic rings. The number of hydrogen-bond acceptors (Lipinski definition) is 4. The van der Waals surface area contributed by atoms with Crippen LogP contribution in [0.4, 0.5) is 5.82 Å². The maximum absolute atomic E-state index is 12.4. The van der Waals surface area contributed by atoms with Crippen LogP contribution in [0, 0.1) is 11.8 Å². The van der Waals surface area contributed by atoms with Crippen molar-refractivity contribution in [2.75, 3.05) is 24.5 Å². The van der Waals surface area contributed by atoms with E-state index in [-0.39, 0.29) is 5.56 Å². The zero-order chi connectivity index (χ0) is 14.4. The van der Waals surface area contributed by atoms with Crippen molar-refractivity contribution in [3.05, 3.63) is 22.7 Å². The number of nitrogens with two attached hydrogens (primary N) is 1. The maximum atomic E-state index is 12.4. The van der Waals surface area contributed by atoms with E-state index in [1.165, 1.54) is 0 Å². The SMILES string of the molecule is CC(C)CN(CCN)c1nccn(CC(C)C)c1=O. The van der Waals surface area contributed by atoms with Gasteiger partial charge in [0.25, 0.3) is 5.56 Å². The molecule has 1 aromatic heterocycles. The maximum Gasteiger partial charge on any atom is 0.293 e. The molecule has 0 atom stereocenters. The van der Waals surface area contributed by atoms with Gasteiger partial charge in [0.1, 0.15) is 0 Å². The van der Waals surface area contributed by atoms with Crippen LogP contribution in [0.25, 0.3) is 0 Å². The quantitative estimate of drug-likeness (QED) is 0.808. The minimum atomic E-state index is -0.0229. The molecule has 0 radical (unpaired) electrons. The Hall–Kier alpha value is -1.36. The van der Waals surface area contributed by atoms with Crippen molar-refractivity contribution in [2.45, 2.75) is 34.2 Å². The molecule has 1 rings (SSSR count). The van der Waals surface area contributed by atoms with E-state index in [2.05, 4.69) is 32.7 Å². The first-order valence-electron chi connectivity index (χ1n) is 6.96. The molecular weight excluding hydrogens is 240 g/mol. The highest BCUT2D eigenvalue weighted by Gasteiger charge is 2.14. The van der Waals surface area contributed by atoms with Crippen LogP contribution >= 0.6 is 0 Å². The van der Waals surface area contributed by atoms with Gasteiger partial charge in [-0.1, -0.05) is 27.7 Å². The first-order valence-corrected chi connectivity index (χ1v) is 6.96. The van der Waals surface area contributed by atoms with Crippen molar-refractivity contribution in [1.82, 2.24) is 9.55 Å². The van der Waals surface area contributed by atoms with Crippen LogP contribution in [0.2, 0.25) is 0 Å². The summed E-state index contributed by atoms with van der Waals surface area (Å²) in [7, 11) is 0. The third-order valence-corrected chi connectivity index (χ3v) is 2.74. The lowest BCUT2D eigenvalue weighted by Gasteiger charge is -2.24. The van der Waals surface area contributed by atoms with Crippen LogP contribution in [0.15, 0.2) is 17.2 Å². The van der Waals surface area contributed by atoms with Crippen molar-refractivity contribution < 1.29 is 0 Å². The summed E-state index contributed by atoms with van der Waals surface area (Å²) in [5.41, 5.74) is 5.61. The van der Waals surface area contributed by atoms with Crippen LogP contribution in [0.5, 0.6) is 0 Å². The molecule has 0 aliphatic heterocycles. The minimum absolute atomic E-state index is 0.0229. The summed E-state index contributed by atoms with van der Waals surface area (Å²) < 4.78 is 1.73. The third kappa shape index (κ3) is 4.67. The Balaban J connectivity index is 3.05. The number of rotatable bonds is 7. The lowest BCUT2D eigenvalue weighted by Crippen LogP contribution is -2.39. The van der Waals surface area contributed by atoms with E-state index in [9.17, 15) is 4.79 Å². The summed E-state index contributed by atoms with van der Waals surface area (Å²) in [5.74, 6) is 1.41. The van der Waals surface area contributed by atoms with Gasteiger partial charge in [-0.25, -0.2) is 4.98 Å². The Morgan fingerprint density at radius 2 is 2.00 bits per heavy atom. The fourth-order valence-electron chi connectivity index (χ4n) is 2.07. The molecule has 5 nitrogen and oxygen atoms in total. The van der Waals surface area contributed by atoms with E-state index in [0.29, 0.717) is 37.3 Å². The molecule has 0 saturated heterocycles. The molecule has 0 saturated carbocycles. The minimum Gasteiger partial charge on any atom is -0.351 e. The van der Waals surface area contributed by atoms with Gasteiger partial charge in [0.2, 0.25) is 0 Å². The van der Waals surface area contributed by atoms with Gasteiger partial charge in [-0.2, -0.15) is 0 Å². The normalized spacial score (nSPS) is 11.3. The van der Waals surface area contributed by atoms with E-state index in [4.69, 9.17) is 5.73 Å². The molecule has 1 aromatic rings. The van der Waals surface area contributed by atoms with E-state index in [1.807, 2.05) is 4.90 Å². The van der Waals surface area contributed by atoms with Crippen LogP contribution in [-0.4, -0.2) is 29.2 Å². The summed E-state index contributed by atoms with van der Waals surface area (Å²) in [4.78, 5) is 18.7. The van der Waals surface area contributed by atoms with Crippen molar-refractivity contribution in [2.24, 2.45) is 17.6 Å². The van der Waals surface area contributed by atoms with Gasteiger partial charge >= 0.3 is 0 Å². The highest BCUT2D eigenvalue weighted by molar-refractivity contribution is 5.35. The fourth-order valence-corrected chi connectivity index (χ4v) is 2.07. The van der Waals surface area contributed by atoms with E-state index in [0.717, 1.165) is 6.54 Å². The van der Waals surface area contributed by atoms with Gasteiger partial charge in [0.05, 0.1) is 0 Å². The Morgan fingerprint density at radius 3 is 2.53 bits per heavy atom. The smallest absolute Gasteiger partial charge is 0.293 e. The van der Waals surface area contributed by atoms with Gasteiger partial charge in [0, 0.05) is 38.6 Å². The predicted octanol–water partition coefficient (Wildman–Crippen LogP) is 1.32. The fraction of sp³-hybridized carbons (Fsp3) is 0.714. The zero-order valence-corrected chi connectivity index (χ0v) is 12.5. The van der Waals surface area contributed by atoms with Crippen molar-refractivity contribution in [3.63, 3.8) is 0 Å². The Bertz CT molecular complexity index is 439. The highest BCUT2D eigenvalue weighted by atomic mass is 16.1. The van der Waals surface area contributed by atoms with Gasteiger partial charge in [-0.05, 0) is 11.8 Å². The average Bonchev–Trinajstić information content (AvgIpc) is 2.30. The van der Waals surface area contributed by atoms with Crippen molar-refractivity contribution in [1.29, 1.82) is 0 Å². The van der Waals surface area contributed by atoms with Crippen molar-refractivity contribution in [3.8, 4) is 0 Å². The Kier molecular flexibility index (Phi) is 6.02. The molecule has 2 N–H and O–H groups in total. The summed E-state index contributed by atoms with van der Waals surface area (Å²) >= 11 is 0. The second kappa shape index (κ2) is 7.28. The second-order valence-electron chi connectivity index (χ2n) is 5.73. The third-order valence-electron chi connectivity index (χ3n) is 2.74. The largest absolute Gasteiger partial charge is 0.351 e. The number of nitrogens with zero attached hydrogens (tertiary/aromatic N) is 3. The summed E-state index contributed by atoms with van der Waals surface area (Å²) in [6.07, 6.45) is 3.45. The molecule has 1 heterocycles. The molecule has 19 heavy (non-hydrogen) atoms. The van der Waals surface area contributed by atoms with Gasteiger partial charge in [-0.3, -0.25) is 4.79 Å². The van der Waals surface area contributed by atoms with E-state index >= 15 is 0 Å². The molecular formula is C14H26N4O. The zero-order valence-electron chi connectivity index (χ0n) is 12.5. The molecule has 0 bridgehead atoms. The van der Waals surface area contributed by atoms with Crippen molar-refractivity contribution >= 4 is 5.82 Å². The van der Waals surface area contributed by atoms with Crippen LogP contribution in [0.1, 0.15) is 27.7 Å². The summed E-state index contributed by atoms with van der Waals surface area (Å²) in [5, 5.41) is 0. The van der Waals surface area contributed by atoms with Crippen LogP contribution < -0.4 is 16.2 Å². The first kappa shape index (κ1) is 15.7. The monoisotopic (exact) mass is 266 g/mol. The second-order valence-corrected chi connectivity index (χ2v) is 5.73. The molecule has 0 amide bonds. The molecule has 0 unspecified atom stereocenters. The lowest BCUT2D eigenvalue weighted by atomic mass is 10.2. The molecule has 0 fully saturated rings. The molecule has 0 aliphatic carbocycles. The number of aromatic nitrogens is 2. The standard InChI is InChI=1S/C14H26N4O/c1-11(2)9-17(7-5-15)13-14(19)18(8-6-16-13)10-12(3)4/h6,8,11-12H,5,7,9-10,15H2,1-4H3. The summed E-state index contributed by atoms with van der Waals surface area (Å²) in [6.45, 7) is 11.1. The van der Waals surface area contributed by atoms with Gasteiger partial charge < -0.3 is 15.2 Å². The molecule has 0 aromatic carbocycles. The van der Waals surface area contributed by atoms with Crippen LogP contribution in [-0.2, 0) is 6.54 Å². The predicted molar refractivity (Wildman–Crippen MR) is 79.4 cm³/mol. The van der Waals surface area contributed by atoms with Gasteiger partial charge in [0.15, 0.2) is 5.82 Å². The highest BCUT2D eigenvalue weighted by Crippen LogP contribution is 2.07. The number of anilines is 1. The molecule has 108 valence electrons. The average molecular weight is 266 g/mol. The molecule has 5 heteroatoms. The van der Waals surface area contributed by atoms with E-state index in [1.54, 1.807) is 17.0 Å². The summed E-state index contributed by atoms with van der Waals surface area (Å²) in [6, 6.07) is 0. The lowest BCUT2D eigenvalue weighted by molar-refractivity contribution is 0.506. The first-order chi connectivity index (χ1) is 8.95. The van der Waals surface area contributed by atoms with Gasteiger partial charge in [-0.15, -0.1) is 0 Å². The van der Waals surface area contributed by atoms with E-state index < -0.39 is 0 Å².